The fourth-order valence-corrected chi connectivity index (χ4v) is 3.30. The van der Waals surface area contributed by atoms with E-state index in [1.165, 1.54) is 12.5 Å². The second kappa shape index (κ2) is 10.8. The molecule has 0 spiro atoms. The average molecular weight is 416 g/mol. The molecule has 0 radical (unpaired) electrons. The molecule has 22 heavy (non-hydrogen) atoms. The van der Waals surface area contributed by atoms with E-state index in [4.69, 9.17) is 0 Å². The SMILES string of the molecule is CC(C)CC[C@H](c1cc(F)cc(Br)c1)N1CCNCC1.Cl.Cl. The molecule has 0 aromatic heterocycles. The second-order valence-corrected chi connectivity index (χ2v) is 6.89. The minimum atomic E-state index is -0.154. The largest absolute Gasteiger partial charge is 0.314 e. The highest BCUT2D eigenvalue weighted by atomic mass is 79.9. The number of nitrogens with zero attached hydrogens (tertiary/aromatic N) is 1. The molecular formula is C16H26BrCl2FN2. The Labute approximate surface area is 154 Å². The Morgan fingerprint density at radius 3 is 2.32 bits per heavy atom. The first-order valence-electron chi connectivity index (χ1n) is 7.47. The van der Waals surface area contributed by atoms with Gasteiger partial charge in [-0.05, 0) is 42.5 Å². The third-order valence-electron chi connectivity index (χ3n) is 3.88. The topological polar surface area (TPSA) is 15.3 Å². The van der Waals surface area contributed by atoms with E-state index in [1.807, 2.05) is 0 Å². The van der Waals surface area contributed by atoms with Crippen LogP contribution in [0, 0.1) is 11.7 Å². The zero-order valence-electron chi connectivity index (χ0n) is 13.1. The van der Waals surface area contributed by atoms with Crippen LogP contribution >= 0.6 is 40.7 Å². The van der Waals surface area contributed by atoms with Gasteiger partial charge in [0.2, 0.25) is 0 Å². The van der Waals surface area contributed by atoms with Gasteiger partial charge in [0, 0.05) is 36.7 Å². The number of nitrogens with one attached hydrogen (secondary N) is 1. The zero-order chi connectivity index (χ0) is 14.5. The van der Waals surface area contributed by atoms with Crippen LogP contribution in [0.15, 0.2) is 22.7 Å². The van der Waals surface area contributed by atoms with E-state index in [2.05, 4.69) is 46.1 Å². The molecule has 1 aromatic carbocycles. The molecule has 6 heteroatoms. The maximum Gasteiger partial charge on any atom is 0.124 e. The van der Waals surface area contributed by atoms with Gasteiger partial charge in [-0.15, -0.1) is 24.8 Å². The van der Waals surface area contributed by atoms with E-state index in [1.54, 1.807) is 6.07 Å². The molecule has 1 fully saturated rings. The van der Waals surface area contributed by atoms with Gasteiger partial charge in [0.1, 0.15) is 5.82 Å². The summed E-state index contributed by atoms with van der Waals surface area (Å²) in [6, 6.07) is 5.61. The standard InChI is InChI=1S/C16H24BrFN2.2ClH/c1-12(2)3-4-16(20-7-5-19-6-8-20)13-9-14(17)11-15(18)10-13;;/h9-12,16,19H,3-8H2,1-2H3;2*1H/t16-;;/m1../s1. The van der Waals surface area contributed by atoms with Crippen molar-refractivity contribution in [3.8, 4) is 0 Å². The highest BCUT2D eigenvalue weighted by molar-refractivity contribution is 9.10. The quantitative estimate of drug-likeness (QED) is 0.741. The molecule has 0 bridgehead atoms. The predicted octanol–water partition coefficient (Wildman–Crippen LogP) is 4.81. The monoisotopic (exact) mass is 414 g/mol. The summed E-state index contributed by atoms with van der Waals surface area (Å²) in [6.45, 7) is 8.61. The van der Waals surface area contributed by atoms with Gasteiger partial charge in [-0.2, -0.15) is 0 Å². The molecule has 0 aliphatic carbocycles. The number of rotatable bonds is 5. The van der Waals surface area contributed by atoms with Crippen molar-refractivity contribution in [2.24, 2.45) is 5.92 Å². The summed E-state index contributed by atoms with van der Waals surface area (Å²) in [4.78, 5) is 2.49. The molecule has 1 heterocycles. The Morgan fingerprint density at radius 2 is 1.77 bits per heavy atom. The molecule has 1 aromatic rings. The smallest absolute Gasteiger partial charge is 0.124 e. The maximum atomic E-state index is 13.7. The summed E-state index contributed by atoms with van der Waals surface area (Å²) in [5.74, 6) is 0.525. The lowest BCUT2D eigenvalue weighted by atomic mass is 9.95. The van der Waals surface area contributed by atoms with E-state index in [9.17, 15) is 4.39 Å². The van der Waals surface area contributed by atoms with Crippen molar-refractivity contribution in [3.05, 3.63) is 34.1 Å². The second-order valence-electron chi connectivity index (χ2n) is 5.98. The molecule has 0 unspecified atom stereocenters. The van der Waals surface area contributed by atoms with Gasteiger partial charge in [0.15, 0.2) is 0 Å². The number of halogens is 4. The van der Waals surface area contributed by atoms with E-state index in [0.29, 0.717) is 12.0 Å². The van der Waals surface area contributed by atoms with Gasteiger partial charge in [-0.3, -0.25) is 4.90 Å². The van der Waals surface area contributed by atoms with Crippen molar-refractivity contribution >= 4 is 40.7 Å². The Kier molecular flexibility index (Phi) is 10.9. The van der Waals surface area contributed by atoms with Crippen LogP contribution in [0.2, 0.25) is 0 Å². The van der Waals surface area contributed by atoms with Crippen LogP contribution in [0.3, 0.4) is 0 Å². The van der Waals surface area contributed by atoms with Gasteiger partial charge in [-0.1, -0.05) is 29.8 Å². The summed E-state index contributed by atoms with van der Waals surface area (Å²) in [6.07, 6.45) is 2.26. The normalized spacial score (nSPS) is 16.8. The Morgan fingerprint density at radius 1 is 1.14 bits per heavy atom. The zero-order valence-corrected chi connectivity index (χ0v) is 16.4. The third kappa shape index (κ3) is 6.71. The fraction of sp³-hybridized carbons (Fsp3) is 0.625. The van der Waals surface area contributed by atoms with E-state index in [-0.39, 0.29) is 30.6 Å². The lowest BCUT2D eigenvalue weighted by molar-refractivity contribution is 0.159. The third-order valence-corrected chi connectivity index (χ3v) is 4.34. The fourth-order valence-electron chi connectivity index (χ4n) is 2.81. The Balaban J connectivity index is 0.00000220. The molecule has 2 nitrogen and oxygen atoms in total. The number of piperazine rings is 1. The van der Waals surface area contributed by atoms with Crippen molar-refractivity contribution in [3.63, 3.8) is 0 Å². The molecule has 1 aliphatic rings. The summed E-state index contributed by atoms with van der Waals surface area (Å²) in [7, 11) is 0. The highest BCUT2D eigenvalue weighted by Gasteiger charge is 2.23. The van der Waals surface area contributed by atoms with Crippen molar-refractivity contribution in [1.82, 2.24) is 10.2 Å². The average Bonchev–Trinajstić information content (AvgIpc) is 2.38. The minimum absolute atomic E-state index is 0. The highest BCUT2D eigenvalue weighted by Crippen LogP contribution is 2.30. The predicted molar refractivity (Wildman–Crippen MR) is 99.9 cm³/mol. The molecule has 1 saturated heterocycles. The van der Waals surface area contributed by atoms with E-state index < -0.39 is 0 Å². The van der Waals surface area contributed by atoms with Gasteiger partial charge in [-0.25, -0.2) is 4.39 Å². The first-order valence-corrected chi connectivity index (χ1v) is 8.26. The van der Waals surface area contributed by atoms with Gasteiger partial charge < -0.3 is 5.32 Å². The molecule has 1 atom stereocenters. The maximum absolute atomic E-state index is 13.7. The van der Waals surface area contributed by atoms with E-state index in [0.717, 1.165) is 42.6 Å². The first-order chi connectivity index (χ1) is 9.56. The molecule has 1 aliphatic heterocycles. The molecule has 2 rings (SSSR count). The van der Waals surface area contributed by atoms with Crippen molar-refractivity contribution in [2.75, 3.05) is 26.2 Å². The summed E-state index contributed by atoms with van der Waals surface area (Å²) in [5, 5.41) is 3.38. The Bertz CT molecular complexity index is 420. The van der Waals surface area contributed by atoms with Gasteiger partial charge >= 0.3 is 0 Å². The molecule has 128 valence electrons. The number of benzene rings is 1. The van der Waals surface area contributed by atoms with E-state index >= 15 is 0 Å². The minimum Gasteiger partial charge on any atom is -0.314 e. The lowest BCUT2D eigenvalue weighted by Crippen LogP contribution is -2.45. The number of hydrogen-bond acceptors (Lipinski definition) is 2. The Hall–Kier alpha value is 0.130. The summed E-state index contributed by atoms with van der Waals surface area (Å²) < 4.78 is 14.5. The molecule has 0 saturated carbocycles. The van der Waals surface area contributed by atoms with Crippen molar-refractivity contribution in [2.45, 2.75) is 32.7 Å². The van der Waals surface area contributed by atoms with Crippen LogP contribution in [0.25, 0.3) is 0 Å². The van der Waals surface area contributed by atoms with Gasteiger partial charge in [0.05, 0.1) is 0 Å². The van der Waals surface area contributed by atoms with Crippen LogP contribution in [0.5, 0.6) is 0 Å². The van der Waals surface area contributed by atoms with Crippen LogP contribution in [-0.4, -0.2) is 31.1 Å². The number of hydrogen-bond donors (Lipinski definition) is 1. The van der Waals surface area contributed by atoms with Gasteiger partial charge in [0.25, 0.3) is 0 Å². The first kappa shape index (κ1) is 22.1. The van der Waals surface area contributed by atoms with Crippen LogP contribution < -0.4 is 5.32 Å². The lowest BCUT2D eigenvalue weighted by Gasteiger charge is -2.35. The summed E-state index contributed by atoms with van der Waals surface area (Å²) in [5.41, 5.74) is 1.10. The van der Waals surface area contributed by atoms with Crippen molar-refractivity contribution in [1.29, 1.82) is 0 Å². The molecular weight excluding hydrogens is 390 g/mol. The van der Waals surface area contributed by atoms with Crippen LogP contribution in [0.1, 0.15) is 38.3 Å². The van der Waals surface area contributed by atoms with Crippen LogP contribution in [0.4, 0.5) is 4.39 Å². The molecule has 1 N–H and O–H groups in total. The molecule has 0 amide bonds. The summed E-state index contributed by atoms with van der Waals surface area (Å²) >= 11 is 3.41. The van der Waals surface area contributed by atoms with Crippen molar-refractivity contribution < 1.29 is 4.39 Å². The van der Waals surface area contributed by atoms with Crippen LogP contribution in [-0.2, 0) is 0 Å².